The third-order valence-electron chi connectivity index (χ3n) is 4.62. The Morgan fingerprint density at radius 1 is 0.824 bits per heavy atom. The Bertz CT molecular complexity index is 191. The van der Waals surface area contributed by atoms with Gasteiger partial charge in [0.15, 0.2) is 0 Å². The van der Waals surface area contributed by atoms with Gasteiger partial charge in [0.25, 0.3) is 0 Å². The zero-order valence-electron chi connectivity index (χ0n) is 11.1. The summed E-state index contributed by atoms with van der Waals surface area (Å²) in [6, 6.07) is 0. The topological polar surface area (TPSA) is 29.5 Å². The van der Waals surface area contributed by atoms with Gasteiger partial charge >= 0.3 is 0 Å². The van der Waals surface area contributed by atoms with Gasteiger partial charge in [0.05, 0.1) is 6.10 Å². The number of rotatable bonds is 5. The second-order valence-electron chi connectivity index (χ2n) is 5.99. The molecule has 0 amide bonds. The zero-order chi connectivity index (χ0) is 11.9. The van der Waals surface area contributed by atoms with Crippen molar-refractivity contribution in [3.63, 3.8) is 0 Å². The Morgan fingerprint density at radius 3 is 2.18 bits per heavy atom. The van der Waals surface area contributed by atoms with E-state index in [4.69, 9.17) is 9.84 Å². The Morgan fingerprint density at radius 2 is 1.53 bits per heavy atom. The highest BCUT2D eigenvalue weighted by atomic mass is 16.5. The maximum atomic E-state index is 8.93. The van der Waals surface area contributed by atoms with E-state index in [1.807, 2.05) is 0 Å². The fourth-order valence-corrected chi connectivity index (χ4v) is 3.40. The molecular weight excluding hydrogens is 212 g/mol. The van der Waals surface area contributed by atoms with Crippen molar-refractivity contribution in [2.45, 2.75) is 70.3 Å². The summed E-state index contributed by atoms with van der Waals surface area (Å²) < 4.78 is 6.09. The first-order chi connectivity index (χ1) is 8.38. The monoisotopic (exact) mass is 240 g/mol. The fraction of sp³-hybridized carbons (Fsp3) is 1.00. The second kappa shape index (κ2) is 7.38. The number of aliphatic hydroxyl groups is 1. The summed E-state index contributed by atoms with van der Waals surface area (Å²) in [5.74, 6) is 1.61. The highest BCUT2D eigenvalue weighted by Gasteiger charge is 2.22. The number of hydrogen-bond donors (Lipinski definition) is 1. The lowest BCUT2D eigenvalue weighted by Crippen LogP contribution is -2.25. The van der Waals surface area contributed by atoms with Crippen molar-refractivity contribution in [2.75, 3.05) is 13.2 Å². The minimum atomic E-state index is 0.359. The van der Waals surface area contributed by atoms with E-state index in [1.54, 1.807) is 0 Å². The first-order valence-corrected chi connectivity index (χ1v) is 7.61. The van der Waals surface area contributed by atoms with E-state index in [0.717, 1.165) is 24.9 Å². The molecule has 2 heteroatoms. The van der Waals surface area contributed by atoms with Crippen LogP contribution >= 0.6 is 0 Å². The quantitative estimate of drug-likeness (QED) is 0.796. The normalized spacial score (nSPS) is 31.6. The third kappa shape index (κ3) is 4.59. The predicted molar refractivity (Wildman–Crippen MR) is 70.0 cm³/mol. The first kappa shape index (κ1) is 13.4. The minimum Gasteiger partial charge on any atom is -0.396 e. The molecule has 2 aliphatic rings. The Kier molecular flexibility index (Phi) is 5.79. The van der Waals surface area contributed by atoms with Crippen molar-refractivity contribution in [1.29, 1.82) is 0 Å². The molecule has 0 aromatic heterocycles. The van der Waals surface area contributed by atoms with Crippen LogP contribution in [0.5, 0.6) is 0 Å². The molecule has 2 rings (SSSR count). The van der Waals surface area contributed by atoms with Gasteiger partial charge < -0.3 is 9.84 Å². The largest absolute Gasteiger partial charge is 0.396 e. The zero-order valence-corrected chi connectivity index (χ0v) is 11.1. The van der Waals surface area contributed by atoms with Gasteiger partial charge in [0.1, 0.15) is 0 Å². The van der Waals surface area contributed by atoms with Gasteiger partial charge in [-0.15, -0.1) is 0 Å². The van der Waals surface area contributed by atoms with Crippen LogP contribution in [0.1, 0.15) is 64.2 Å². The molecule has 2 fully saturated rings. The van der Waals surface area contributed by atoms with Crippen LogP contribution in [0.4, 0.5) is 0 Å². The van der Waals surface area contributed by atoms with Gasteiger partial charge in [-0.3, -0.25) is 0 Å². The van der Waals surface area contributed by atoms with Gasteiger partial charge in [0.2, 0.25) is 0 Å². The van der Waals surface area contributed by atoms with E-state index in [1.165, 1.54) is 57.8 Å². The smallest absolute Gasteiger partial charge is 0.0575 e. The van der Waals surface area contributed by atoms with E-state index in [2.05, 4.69) is 0 Å². The van der Waals surface area contributed by atoms with Crippen molar-refractivity contribution < 1.29 is 9.84 Å². The number of ether oxygens (including phenoxy) is 1. The highest BCUT2D eigenvalue weighted by Crippen LogP contribution is 2.30. The molecule has 2 aliphatic carbocycles. The SMILES string of the molecule is OCCC1CCC(OCC2CCCCC2)CC1. The van der Waals surface area contributed by atoms with E-state index in [0.29, 0.717) is 12.7 Å². The Hall–Kier alpha value is -0.0800. The molecule has 2 saturated carbocycles. The predicted octanol–water partition coefficient (Wildman–Crippen LogP) is 3.52. The maximum Gasteiger partial charge on any atom is 0.0575 e. The molecule has 0 aromatic rings. The maximum absolute atomic E-state index is 8.93. The molecule has 0 aliphatic heterocycles. The van der Waals surface area contributed by atoms with Gasteiger partial charge in [0, 0.05) is 13.2 Å². The molecule has 0 atom stereocenters. The second-order valence-corrected chi connectivity index (χ2v) is 5.99. The molecule has 0 saturated heterocycles. The van der Waals surface area contributed by atoms with Gasteiger partial charge in [-0.25, -0.2) is 0 Å². The summed E-state index contributed by atoms with van der Waals surface area (Å²) in [6.07, 6.45) is 13.5. The average Bonchev–Trinajstić information content (AvgIpc) is 2.40. The Labute approximate surface area is 106 Å². The lowest BCUT2D eigenvalue weighted by Gasteiger charge is -2.30. The van der Waals surface area contributed by atoms with Crippen LogP contribution in [0.25, 0.3) is 0 Å². The molecule has 0 aromatic carbocycles. The highest BCUT2D eigenvalue weighted by molar-refractivity contribution is 4.73. The molecule has 100 valence electrons. The van der Waals surface area contributed by atoms with Crippen LogP contribution in [-0.4, -0.2) is 24.4 Å². The lowest BCUT2D eigenvalue weighted by atomic mass is 9.85. The van der Waals surface area contributed by atoms with Crippen LogP contribution in [-0.2, 0) is 4.74 Å². The first-order valence-electron chi connectivity index (χ1n) is 7.61. The van der Waals surface area contributed by atoms with Crippen LogP contribution in [0.15, 0.2) is 0 Å². The summed E-state index contributed by atoms with van der Waals surface area (Å²) >= 11 is 0. The lowest BCUT2D eigenvalue weighted by molar-refractivity contribution is -0.00852. The summed E-state index contributed by atoms with van der Waals surface area (Å²) in [5.41, 5.74) is 0. The van der Waals surface area contributed by atoms with Crippen molar-refractivity contribution in [2.24, 2.45) is 11.8 Å². The Balaban J connectivity index is 1.57. The van der Waals surface area contributed by atoms with Crippen LogP contribution in [0.2, 0.25) is 0 Å². The van der Waals surface area contributed by atoms with E-state index < -0.39 is 0 Å². The molecule has 0 heterocycles. The summed E-state index contributed by atoms with van der Waals surface area (Å²) in [4.78, 5) is 0. The van der Waals surface area contributed by atoms with Crippen molar-refractivity contribution in [1.82, 2.24) is 0 Å². The van der Waals surface area contributed by atoms with E-state index >= 15 is 0 Å². The molecule has 2 nitrogen and oxygen atoms in total. The van der Waals surface area contributed by atoms with Gasteiger partial charge in [-0.1, -0.05) is 19.3 Å². The number of hydrogen-bond acceptors (Lipinski definition) is 2. The van der Waals surface area contributed by atoms with Crippen molar-refractivity contribution >= 4 is 0 Å². The molecule has 17 heavy (non-hydrogen) atoms. The van der Waals surface area contributed by atoms with Gasteiger partial charge in [-0.2, -0.15) is 0 Å². The minimum absolute atomic E-state index is 0.359. The molecule has 0 radical (unpaired) electrons. The van der Waals surface area contributed by atoms with Gasteiger partial charge in [-0.05, 0) is 56.8 Å². The van der Waals surface area contributed by atoms with Crippen LogP contribution in [0, 0.1) is 11.8 Å². The molecule has 1 N–H and O–H groups in total. The standard InChI is InChI=1S/C15H28O2/c16-11-10-13-6-8-15(9-7-13)17-12-14-4-2-1-3-5-14/h13-16H,1-12H2. The van der Waals surface area contributed by atoms with Crippen molar-refractivity contribution in [3.05, 3.63) is 0 Å². The number of aliphatic hydroxyl groups excluding tert-OH is 1. The molecular formula is C15H28O2. The molecule has 0 spiro atoms. The summed E-state index contributed by atoms with van der Waals surface area (Å²) in [7, 11) is 0. The van der Waals surface area contributed by atoms with Crippen LogP contribution < -0.4 is 0 Å². The van der Waals surface area contributed by atoms with Crippen LogP contribution in [0.3, 0.4) is 0 Å². The fourth-order valence-electron chi connectivity index (χ4n) is 3.40. The van der Waals surface area contributed by atoms with E-state index in [-0.39, 0.29) is 0 Å². The van der Waals surface area contributed by atoms with E-state index in [9.17, 15) is 0 Å². The summed E-state index contributed by atoms with van der Waals surface area (Å²) in [5, 5.41) is 8.93. The molecule has 0 bridgehead atoms. The van der Waals surface area contributed by atoms with Crippen molar-refractivity contribution in [3.8, 4) is 0 Å². The molecule has 0 unspecified atom stereocenters. The third-order valence-corrected chi connectivity index (χ3v) is 4.62. The summed E-state index contributed by atoms with van der Waals surface area (Å²) in [6.45, 7) is 1.37. The average molecular weight is 240 g/mol.